The molecule has 6 heteroatoms. The zero-order valence-electron chi connectivity index (χ0n) is 16.0. The SMILES string of the molecule is CCNC(=NCCc1ccccc1F)NCCc1cccc2cccnc12.I. The number of benzene rings is 2. The first-order valence-corrected chi connectivity index (χ1v) is 9.36. The molecule has 0 aliphatic rings. The second-order valence-electron chi connectivity index (χ2n) is 6.27. The molecule has 148 valence electrons. The molecule has 3 rings (SSSR count). The van der Waals surface area contributed by atoms with Crippen LogP contribution in [0.1, 0.15) is 18.1 Å². The van der Waals surface area contributed by atoms with E-state index in [4.69, 9.17) is 0 Å². The van der Waals surface area contributed by atoms with Crippen molar-refractivity contribution >= 4 is 40.8 Å². The van der Waals surface area contributed by atoms with Crippen LogP contribution < -0.4 is 10.6 Å². The number of fused-ring (bicyclic) bond motifs is 1. The first-order valence-electron chi connectivity index (χ1n) is 9.36. The van der Waals surface area contributed by atoms with Crippen LogP contribution in [0.5, 0.6) is 0 Å². The van der Waals surface area contributed by atoms with E-state index in [9.17, 15) is 4.39 Å². The summed E-state index contributed by atoms with van der Waals surface area (Å²) in [4.78, 5) is 9.05. The summed E-state index contributed by atoms with van der Waals surface area (Å²) in [6.45, 7) is 4.09. The molecule has 28 heavy (non-hydrogen) atoms. The highest BCUT2D eigenvalue weighted by molar-refractivity contribution is 14.0. The predicted octanol–water partition coefficient (Wildman–Crippen LogP) is 4.33. The summed E-state index contributed by atoms with van der Waals surface area (Å²) >= 11 is 0. The lowest BCUT2D eigenvalue weighted by molar-refractivity contribution is 0.609. The Balaban J connectivity index is 0.00000280. The van der Waals surface area contributed by atoms with Crippen LogP contribution in [0, 0.1) is 5.82 Å². The lowest BCUT2D eigenvalue weighted by Crippen LogP contribution is -2.38. The van der Waals surface area contributed by atoms with Crippen LogP contribution in [0.25, 0.3) is 10.9 Å². The molecule has 4 nitrogen and oxygen atoms in total. The van der Waals surface area contributed by atoms with Crippen molar-refractivity contribution in [3.05, 3.63) is 77.7 Å². The maximum absolute atomic E-state index is 13.7. The fourth-order valence-corrected chi connectivity index (χ4v) is 3.02. The Morgan fingerprint density at radius 1 is 0.964 bits per heavy atom. The van der Waals surface area contributed by atoms with E-state index < -0.39 is 0 Å². The summed E-state index contributed by atoms with van der Waals surface area (Å²) in [5.41, 5.74) is 2.95. The second-order valence-corrected chi connectivity index (χ2v) is 6.27. The molecule has 0 aliphatic heterocycles. The molecule has 2 N–H and O–H groups in total. The van der Waals surface area contributed by atoms with Crippen molar-refractivity contribution in [1.82, 2.24) is 15.6 Å². The Bertz CT molecular complexity index is 908. The minimum atomic E-state index is -0.172. The molecule has 1 aromatic heterocycles. The highest BCUT2D eigenvalue weighted by atomic mass is 127. The number of guanidine groups is 1. The Morgan fingerprint density at radius 2 is 1.75 bits per heavy atom. The van der Waals surface area contributed by atoms with Crippen molar-refractivity contribution in [3.63, 3.8) is 0 Å². The number of nitrogens with zero attached hydrogens (tertiary/aromatic N) is 2. The van der Waals surface area contributed by atoms with E-state index >= 15 is 0 Å². The van der Waals surface area contributed by atoms with Crippen molar-refractivity contribution in [2.45, 2.75) is 19.8 Å². The highest BCUT2D eigenvalue weighted by Crippen LogP contribution is 2.16. The third-order valence-corrected chi connectivity index (χ3v) is 4.36. The number of aromatic nitrogens is 1. The first-order chi connectivity index (χ1) is 13.3. The molecule has 0 bridgehead atoms. The standard InChI is InChI=1S/C22H25FN4.HI/c1-2-24-22(26-15-12-17-7-3-4-11-20(17)23)27-16-13-19-9-5-8-18-10-6-14-25-21(18)19;/h3-11,14H,2,12-13,15-16H2,1H3,(H2,24,26,27);1H. The molecule has 3 aromatic rings. The highest BCUT2D eigenvalue weighted by Gasteiger charge is 2.04. The van der Waals surface area contributed by atoms with Gasteiger partial charge in [-0.25, -0.2) is 4.39 Å². The van der Waals surface area contributed by atoms with Crippen LogP contribution in [-0.2, 0) is 12.8 Å². The van der Waals surface area contributed by atoms with Gasteiger partial charge in [0.1, 0.15) is 5.82 Å². The largest absolute Gasteiger partial charge is 0.357 e. The van der Waals surface area contributed by atoms with Crippen molar-refractivity contribution in [3.8, 4) is 0 Å². The molecule has 0 atom stereocenters. The minimum Gasteiger partial charge on any atom is -0.357 e. The van der Waals surface area contributed by atoms with Gasteiger partial charge in [0.2, 0.25) is 0 Å². The molecule has 0 saturated carbocycles. The van der Waals surface area contributed by atoms with Gasteiger partial charge < -0.3 is 10.6 Å². The molecule has 0 aliphatic carbocycles. The monoisotopic (exact) mass is 492 g/mol. The van der Waals surface area contributed by atoms with Crippen molar-refractivity contribution in [2.24, 2.45) is 4.99 Å². The Hall–Kier alpha value is -2.22. The Morgan fingerprint density at radius 3 is 2.57 bits per heavy atom. The Kier molecular flexibility index (Phi) is 9.13. The van der Waals surface area contributed by atoms with E-state index in [-0.39, 0.29) is 29.8 Å². The van der Waals surface area contributed by atoms with Crippen LogP contribution in [0.4, 0.5) is 4.39 Å². The van der Waals surface area contributed by atoms with E-state index in [1.165, 1.54) is 11.6 Å². The maximum Gasteiger partial charge on any atom is 0.191 e. The number of pyridine rings is 1. The zero-order valence-corrected chi connectivity index (χ0v) is 18.3. The molecule has 2 aromatic carbocycles. The molecule has 0 unspecified atom stereocenters. The summed E-state index contributed by atoms with van der Waals surface area (Å²) in [6.07, 6.45) is 3.26. The van der Waals surface area contributed by atoms with Gasteiger partial charge in [-0.2, -0.15) is 0 Å². The van der Waals surface area contributed by atoms with Gasteiger partial charge in [0, 0.05) is 31.2 Å². The number of nitrogens with one attached hydrogen (secondary N) is 2. The van der Waals surface area contributed by atoms with Gasteiger partial charge in [-0.3, -0.25) is 9.98 Å². The summed E-state index contributed by atoms with van der Waals surface area (Å²) in [5.74, 6) is 0.580. The number of rotatable bonds is 7. The first kappa shape index (κ1) is 22.1. The molecule has 0 fully saturated rings. The van der Waals surface area contributed by atoms with Gasteiger partial charge in [0.05, 0.1) is 5.52 Å². The average Bonchev–Trinajstić information content (AvgIpc) is 2.69. The molecule has 0 spiro atoms. The number of halogens is 2. The minimum absolute atomic E-state index is 0. The number of para-hydroxylation sites is 1. The fourth-order valence-electron chi connectivity index (χ4n) is 3.02. The fraction of sp³-hybridized carbons (Fsp3) is 0.273. The van der Waals surface area contributed by atoms with E-state index in [1.54, 1.807) is 12.1 Å². The van der Waals surface area contributed by atoms with Crippen molar-refractivity contribution in [2.75, 3.05) is 19.6 Å². The average molecular weight is 492 g/mol. The summed E-state index contributed by atoms with van der Waals surface area (Å²) < 4.78 is 13.7. The zero-order chi connectivity index (χ0) is 18.9. The van der Waals surface area contributed by atoms with Gasteiger partial charge in [0.15, 0.2) is 5.96 Å². The lowest BCUT2D eigenvalue weighted by Gasteiger charge is -2.12. The summed E-state index contributed by atoms with van der Waals surface area (Å²) in [7, 11) is 0. The number of hydrogen-bond acceptors (Lipinski definition) is 2. The smallest absolute Gasteiger partial charge is 0.191 e. The molecule has 1 heterocycles. The van der Waals surface area contributed by atoms with E-state index in [0.717, 1.165) is 36.4 Å². The molecule has 0 saturated heterocycles. The topological polar surface area (TPSA) is 49.3 Å². The quantitative estimate of drug-likeness (QED) is 0.293. The molecule has 0 amide bonds. The van der Waals surface area contributed by atoms with Crippen LogP contribution in [0.3, 0.4) is 0 Å². The third-order valence-electron chi connectivity index (χ3n) is 4.36. The van der Waals surface area contributed by atoms with Gasteiger partial charge in [-0.05, 0) is 43.0 Å². The van der Waals surface area contributed by atoms with Gasteiger partial charge in [-0.1, -0.05) is 42.5 Å². The normalized spacial score (nSPS) is 11.1. The molecular weight excluding hydrogens is 466 g/mol. The number of aliphatic imine (C=N–C) groups is 1. The second kappa shape index (κ2) is 11.6. The third kappa shape index (κ3) is 6.15. The van der Waals surface area contributed by atoms with Crippen molar-refractivity contribution in [1.29, 1.82) is 0 Å². The van der Waals surface area contributed by atoms with Crippen LogP contribution in [0.15, 0.2) is 65.8 Å². The van der Waals surface area contributed by atoms with Gasteiger partial charge in [-0.15, -0.1) is 24.0 Å². The van der Waals surface area contributed by atoms with Gasteiger partial charge >= 0.3 is 0 Å². The van der Waals surface area contributed by atoms with Crippen molar-refractivity contribution < 1.29 is 4.39 Å². The van der Waals surface area contributed by atoms with E-state index in [1.807, 2.05) is 25.3 Å². The molecular formula is C22H26FIN4. The lowest BCUT2D eigenvalue weighted by atomic mass is 10.1. The summed E-state index contributed by atoms with van der Waals surface area (Å²) in [5, 5.41) is 7.74. The maximum atomic E-state index is 13.7. The van der Waals surface area contributed by atoms with Crippen LogP contribution in [0.2, 0.25) is 0 Å². The summed E-state index contributed by atoms with van der Waals surface area (Å²) in [6, 6.07) is 17.1. The van der Waals surface area contributed by atoms with E-state index in [0.29, 0.717) is 18.5 Å². The molecule has 0 radical (unpaired) electrons. The van der Waals surface area contributed by atoms with Gasteiger partial charge in [0.25, 0.3) is 0 Å². The van der Waals surface area contributed by atoms with Crippen LogP contribution >= 0.6 is 24.0 Å². The van der Waals surface area contributed by atoms with Crippen LogP contribution in [-0.4, -0.2) is 30.6 Å². The van der Waals surface area contributed by atoms with E-state index in [2.05, 4.69) is 44.9 Å². The predicted molar refractivity (Wildman–Crippen MR) is 125 cm³/mol. The number of hydrogen-bond donors (Lipinski definition) is 2. The Labute approximate surface area is 182 Å².